The predicted molar refractivity (Wildman–Crippen MR) is 109 cm³/mol. The van der Waals surface area contributed by atoms with Gasteiger partial charge in [0.2, 0.25) is 5.91 Å². The van der Waals surface area contributed by atoms with Gasteiger partial charge in [-0.05, 0) is 37.5 Å². The molecule has 1 aliphatic rings. The number of benzene rings is 1. The van der Waals surface area contributed by atoms with Crippen LogP contribution >= 0.6 is 23.6 Å². The molecular weight excluding hydrogens is 378 g/mol. The minimum Gasteiger partial charge on any atom is -0.301 e. The highest BCUT2D eigenvalue weighted by Crippen LogP contribution is 2.49. The zero-order valence-electron chi connectivity index (χ0n) is 14.9. The van der Waals surface area contributed by atoms with Crippen molar-refractivity contribution in [2.45, 2.75) is 31.7 Å². The van der Waals surface area contributed by atoms with Gasteiger partial charge in [-0.1, -0.05) is 47.7 Å². The maximum Gasteiger partial charge on any atom is 0.236 e. The molecule has 0 unspecified atom stereocenters. The summed E-state index contributed by atoms with van der Waals surface area (Å²) < 4.78 is 2.39. The maximum atomic E-state index is 12.9. The Morgan fingerprint density at radius 1 is 1.44 bits per heavy atom. The molecule has 0 spiro atoms. The molecule has 0 radical (unpaired) electrons. The lowest BCUT2D eigenvalue weighted by atomic mass is 9.95. The monoisotopic (exact) mass is 397 g/mol. The summed E-state index contributed by atoms with van der Waals surface area (Å²) in [7, 11) is 0. The van der Waals surface area contributed by atoms with E-state index in [1.165, 1.54) is 11.3 Å². The first-order valence-corrected chi connectivity index (χ1v) is 9.88. The van der Waals surface area contributed by atoms with Crippen molar-refractivity contribution < 1.29 is 4.79 Å². The molecule has 1 saturated carbocycles. The number of hydrogen-bond acceptors (Lipinski definition) is 5. The third-order valence-electron chi connectivity index (χ3n) is 4.80. The fourth-order valence-corrected chi connectivity index (χ4v) is 4.36. The summed E-state index contributed by atoms with van der Waals surface area (Å²) >= 11 is 6.69. The van der Waals surface area contributed by atoms with Gasteiger partial charge in [0.05, 0.1) is 16.0 Å². The zero-order valence-corrected chi connectivity index (χ0v) is 16.5. The number of aromatic amines is 1. The minimum absolute atomic E-state index is 0.000968. The van der Waals surface area contributed by atoms with Crippen LogP contribution in [0.5, 0.6) is 0 Å². The van der Waals surface area contributed by atoms with E-state index in [-0.39, 0.29) is 5.91 Å². The van der Waals surface area contributed by atoms with Crippen molar-refractivity contribution in [2.75, 3.05) is 5.32 Å². The fraction of sp³-hybridized carbons (Fsp3) is 0.263. The Morgan fingerprint density at radius 2 is 2.19 bits per heavy atom. The van der Waals surface area contributed by atoms with Crippen molar-refractivity contribution in [1.29, 1.82) is 0 Å². The van der Waals surface area contributed by atoms with Crippen molar-refractivity contribution in [1.82, 2.24) is 19.7 Å². The van der Waals surface area contributed by atoms with E-state index in [0.29, 0.717) is 22.3 Å². The predicted octanol–water partition coefficient (Wildman–Crippen LogP) is 4.23. The molecule has 1 amide bonds. The third-order valence-corrected chi connectivity index (χ3v) is 6.18. The fourth-order valence-electron chi connectivity index (χ4n) is 3.19. The lowest BCUT2D eigenvalue weighted by Crippen LogP contribution is -2.27. The first-order chi connectivity index (χ1) is 13.0. The summed E-state index contributed by atoms with van der Waals surface area (Å²) in [6.07, 6.45) is 3.49. The Labute approximate surface area is 166 Å². The second-order valence-electron chi connectivity index (χ2n) is 6.59. The van der Waals surface area contributed by atoms with E-state index in [1.807, 2.05) is 41.8 Å². The maximum absolute atomic E-state index is 12.9. The molecule has 3 aromatic rings. The SMILES string of the molecule is C=CCn1c(-c2sc(NC(=O)C3(c4ccccc4)CC3)nc2C)n[nH]c1=S. The number of aryl methyl sites for hydroxylation is 1. The smallest absolute Gasteiger partial charge is 0.236 e. The first-order valence-electron chi connectivity index (χ1n) is 8.66. The molecule has 27 heavy (non-hydrogen) atoms. The number of anilines is 1. The minimum atomic E-state index is -0.427. The van der Waals surface area contributed by atoms with E-state index in [4.69, 9.17) is 12.2 Å². The lowest BCUT2D eigenvalue weighted by Gasteiger charge is -2.14. The molecule has 2 N–H and O–H groups in total. The van der Waals surface area contributed by atoms with Crippen LogP contribution in [0, 0.1) is 11.7 Å². The second kappa shape index (κ2) is 6.86. The molecule has 1 fully saturated rings. The number of aromatic nitrogens is 4. The lowest BCUT2D eigenvalue weighted by molar-refractivity contribution is -0.118. The van der Waals surface area contributed by atoms with E-state index in [2.05, 4.69) is 27.1 Å². The van der Waals surface area contributed by atoms with Gasteiger partial charge in [-0.2, -0.15) is 5.10 Å². The topological polar surface area (TPSA) is 75.6 Å². The van der Waals surface area contributed by atoms with E-state index in [1.54, 1.807) is 6.08 Å². The number of carbonyl (C=O) groups is 1. The molecule has 2 aromatic heterocycles. The van der Waals surface area contributed by atoms with E-state index in [9.17, 15) is 4.79 Å². The largest absolute Gasteiger partial charge is 0.301 e. The van der Waals surface area contributed by atoms with Crippen molar-refractivity contribution in [3.05, 3.63) is 59.0 Å². The normalized spacial score (nSPS) is 14.7. The number of rotatable bonds is 6. The number of nitrogens with zero attached hydrogens (tertiary/aromatic N) is 3. The zero-order chi connectivity index (χ0) is 19.0. The van der Waals surface area contributed by atoms with Crippen molar-refractivity contribution >= 4 is 34.6 Å². The molecule has 1 aromatic carbocycles. The highest BCUT2D eigenvalue weighted by atomic mass is 32.1. The molecular formula is C19H19N5OS2. The second-order valence-corrected chi connectivity index (χ2v) is 7.97. The first kappa shape index (κ1) is 17.8. The molecule has 138 valence electrons. The third kappa shape index (κ3) is 3.15. The summed E-state index contributed by atoms with van der Waals surface area (Å²) in [5, 5.41) is 10.7. The quantitative estimate of drug-likeness (QED) is 0.482. The van der Waals surface area contributed by atoms with Crippen LogP contribution < -0.4 is 5.32 Å². The average molecular weight is 398 g/mol. The Hall–Kier alpha value is -2.58. The van der Waals surface area contributed by atoms with Gasteiger partial charge in [0, 0.05) is 6.54 Å². The molecule has 1 aliphatic carbocycles. The highest BCUT2D eigenvalue weighted by Gasteiger charge is 2.51. The van der Waals surface area contributed by atoms with Crippen LogP contribution in [-0.2, 0) is 16.8 Å². The number of allylic oxidation sites excluding steroid dienone is 1. The molecule has 6 nitrogen and oxygen atoms in total. The summed E-state index contributed by atoms with van der Waals surface area (Å²) in [5.74, 6) is 0.707. The molecule has 0 atom stereocenters. The molecule has 0 aliphatic heterocycles. The van der Waals surface area contributed by atoms with Gasteiger partial charge in [-0.3, -0.25) is 14.5 Å². The average Bonchev–Trinajstić information content (AvgIpc) is 3.31. The molecule has 0 saturated heterocycles. The standard InChI is InChI=1S/C19H19N5OS2/c1-3-11-24-15(22-23-18(24)26)14-12(2)20-17(27-14)21-16(25)19(9-10-19)13-7-5-4-6-8-13/h3-8H,1,9-11H2,2H3,(H,23,26)(H,20,21,25). The summed E-state index contributed by atoms with van der Waals surface area (Å²) in [6, 6.07) is 9.92. The van der Waals surface area contributed by atoms with Crippen molar-refractivity contribution in [3.8, 4) is 10.7 Å². The number of nitrogens with one attached hydrogen (secondary N) is 2. The molecule has 2 heterocycles. The summed E-state index contributed by atoms with van der Waals surface area (Å²) in [6.45, 7) is 6.22. The highest BCUT2D eigenvalue weighted by molar-refractivity contribution is 7.71. The number of thiazole rings is 1. The Morgan fingerprint density at radius 3 is 2.85 bits per heavy atom. The van der Waals surface area contributed by atoms with Crippen LogP contribution in [0.1, 0.15) is 24.1 Å². The van der Waals surface area contributed by atoms with Gasteiger partial charge in [0.25, 0.3) is 0 Å². The summed E-state index contributed by atoms with van der Waals surface area (Å²) in [5.41, 5.74) is 1.44. The van der Waals surface area contributed by atoms with Crippen LogP contribution in [0.15, 0.2) is 43.0 Å². The molecule has 8 heteroatoms. The number of hydrogen-bond donors (Lipinski definition) is 2. The van der Waals surface area contributed by atoms with Crippen LogP contribution in [0.2, 0.25) is 0 Å². The van der Waals surface area contributed by atoms with Crippen LogP contribution in [0.4, 0.5) is 5.13 Å². The van der Waals surface area contributed by atoms with Crippen molar-refractivity contribution in [2.24, 2.45) is 0 Å². The molecule has 4 rings (SSSR count). The van der Waals surface area contributed by atoms with Gasteiger partial charge in [-0.15, -0.1) is 6.58 Å². The van der Waals surface area contributed by atoms with Gasteiger partial charge in [0.15, 0.2) is 15.7 Å². The van der Waals surface area contributed by atoms with Gasteiger partial charge >= 0.3 is 0 Å². The number of H-pyrrole nitrogens is 1. The van der Waals surface area contributed by atoms with E-state index >= 15 is 0 Å². The van der Waals surface area contributed by atoms with Gasteiger partial charge in [0.1, 0.15) is 0 Å². The summed E-state index contributed by atoms with van der Waals surface area (Å²) in [4.78, 5) is 18.3. The Kier molecular flexibility index (Phi) is 4.53. The van der Waals surface area contributed by atoms with E-state index in [0.717, 1.165) is 29.0 Å². The number of amides is 1. The van der Waals surface area contributed by atoms with Crippen LogP contribution in [-0.4, -0.2) is 25.7 Å². The number of carbonyl (C=O) groups excluding carboxylic acids is 1. The Bertz CT molecular complexity index is 1060. The Balaban J connectivity index is 1.61. The van der Waals surface area contributed by atoms with Gasteiger partial charge < -0.3 is 5.32 Å². The van der Waals surface area contributed by atoms with E-state index < -0.39 is 5.41 Å². The van der Waals surface area contributed by atoms with Crippen LogP contribution in [0.25, 0.3) is 10.7 Å². The van der Waals surface area contributed by atoms with Crippen LogP contribution in [0.3, 0.4) is 0 Å². The molecule has 0 bridgehead atoms. The van der Waals surface area contributed by atoms with Crippen molar-refractivity contribution in [3.63, 3.8) is 0 Å². The van der Waals surface area contributed by atoms with Gasteiger partial charge in [-0.25, -0.2) is 4.98 Å².